The Kier molecular flexibility index (Phi) is 9.22. The molecule has 5 rings (SSSR count). The normalized spacial score (nSPS) is 11.7. The van der Waals surface area contributed by atoms with Crippen molar-refractivity contribution in [2.45, 2.75) is 45.6 Å². The van der Waals surface area contributed by atoms with Crippen LogP contribution in [0.25, 0.3) is 21.8 Å². The average molecular weight is 591 g/mol. The number of benzene rings is 4. The standard InChI is InChI=1S/C36H34N2O4S/c1-5-38-33-16-12-26(35(40)29-9-7-6-8-24(29)3)20-30(33)31-21-27(13-17-34(31)38)36(41)32(37-42-22-25(4)39)18-19-43-28-14-10-23(2)11-15-28/h6-17,20-21H,5,18-19,22H2,1-4H3/b37-32+. The van der Waals surface area contributed by atoms with Gasteiger partial charge < -0.3 is 9.40 Å². The summed E-state index contributed by atoms with van der Waals surface area (Å²) < 4.78 is 2.18. The van der Waals surface area contributed by atoms with Gasteiger partial charge in [0.15, 0.2) is 18.2 Å². The van der Waals surface area contributed by atoms with Gasteiger partial charge in [-0.15, -0.1) is 11.8 Å². The molecule has 0 atom stereocenters. The smallest absolute Gasteiger partial charge is 0.210 e. The van der Waals surface area contributed by atoms with E-state index in [1.165, 1.54) is 12.5 Å². The molecule has 0 saturated carbocycles. The first-order valence-electron chi connectivity index (χ1n) is 14.4. The summed E-state index contributed by atoms with van der Waals surface area (Å²) in [6.07, 6.45) is 0.374. The van der Waals surface area contributed by atoms with Gasteiger partial charge in [0.25, 0.3) is 0 Å². The van der Waals surface area contributed by atoms with Crippen LogP contribution < -0.4 is 0 Å². The number of carbonyl (C=O) groups is 3. The molecule has 6 nitrogen and oxygen atoms in total. The van der Waals surface area contributed by atoms with Gasteiger partial charge in [0.1, 0.15) is 5.71 Å². The van der Waals surface area contributed by atoms with Gasteiger partial charge in [-0.2, -0.15) is 0 Å². The fourth-order valence-electron chi connectivity index (χ4n) is 5.18. The molecular formula is C36H34N2O4S. The number of aryl methyl sites for hydroxylation is 3. The van der Waals surface area contributed by atoms with Crippen LogP contribution in [0, 0.1) is 13.8 Å². The van der Waals surface area contributed by atoms with E-state index in [1.54, 1.807) is 11.8 Å². The number of oxime groups is 1. The molecule has 1 heterocycles. The summed E-state index contributed by atoms with van der Waals surface area (Å²) >= 11 is 1.63. The van der Waals surface area contributed by atoms with E-state index in [0.29, 0.717) is 28.9 Å². The number of rotatable bonds is 12. The predicted octanol–water partition coefficient (Wildman–Crippen LogP) is 7.99. The van der Waals surface area contributed by atoms with Crippen LogP contribution >= 0.6 is 11.8 Å². The van der Waals surface area contributed by atoms with Gasteiger partial charge in [-0.05, 0) is 81.8 Å². The van der Waals surface area contributed by atoms with Crippen LogP contribution in [0.15, 0.2) is 95.0 Å². The minimum atomic E-state index is -0.250. The summed E-state index contributed by atoms with van der Waals surface area (Å²) in [5.74, 6) is 0.167. The van der Waals surface area contributed by atoms with Crippen LogP contribution in [0.3, 0.4) is 0 Å². The highest BCUT2D eigenvalue weighted by Gasteiger charge is 2.20. The number of hydrogen-bond acceptors (Lipinski definition) is 6. The van der Waals surface area contributed by atoms with Crippen molar-refractivity contribution in [3.05, 3.63) is 113 Å². The third-order valence-corrected chi connectivity index (χ3v) is 8.44. The molecule has 0 saturated heterocycles. The highest BCUT2D eigenvalue weighted by Crippen LogP contribution is 2.32. The molecule has 7 heteroatoms. The van der Waals surface area contributed by atoms with E-state index in [0.717, 1.165) is 38.8 Å². The molecule has 0 aliphatic rings. The van der Waals surface area contributed by atoms with Crippen molar-refractivity contribution in [2.75, 3.05) is 12.4 Å². The number of hydrogen-bond donors (Lipinski definition) is 0. The number of Topliss-reactive ketones (excluding diaryl/α,β-unsaturated/α-hetero) is 2. The van der Waals surface area contributed by atoms with Crippen molar-refractivity contribution in [1.29, 1.82) is 0 Å². The second kappa shape index (κ2) is 13.2. The molecule has 0 bridgehead atoms. The molecule has 0 fully saturated rings. The van der Waals surface area contributed by atoms with E-state index in [1.807, 2.05) is 74.5 Å². The molecule has 0 amide bonds. The molecule has 0 aliphatic carbocycles. The highest BCUT2D eigenvalue weighted by atomic mass is 32.2. The molecule has 218 valence electrons. The highest BCUT2D eigenvalue weighted by molar-refractivity contribution is 7.99. The molecule has 43 heavy (non-hydrogen) atoms. The molecule has 5 aromatic rings. The van der Waals surface area contributed by atoms with Gasteiger partial charge in [0.2, 0.25) is 5.78 Å². The Bertz CT molecular complexity index is 1870. The monoisotopic (exact) mass is 590 g/mol. The second-order valence-corrected chi connectivity index (χ2v) is 11.8. The summed E-state index contributed by atoms with van der Waals surface area (Å²) in [5, 5.41) is 5.91. The van der Waals surface area contributed by atoms with Crippen molar-refractivity contribution in [2.24, 2.45) is 5.16 Å². The Labute approximate surface area is 255 Å². The Balaban J connectivity index is 1.49. The second-order valence-electron chi connectivity index (χ2n) is 10.6. The first-order valence-corrected chi connectivity index (χ1v) is 15.3. The Morgan fingerprint density at radius 1 is 0.837 bits per heavy atom. The average Bonchev–Trinajstić information content (AvgIpc) is 3.32. The van der Waals surface area contributed by atoms with Crippen LogP contribution in [0.2, 0.25) is 0 Å². The first-order chi connectivity index (χ1) is 20.8. The molecule has 1 aromatic heterocycles. The van der Waals surface area contributed by atoms with E-state index in [-0.39, 0.29) is 29.7 Å². The number of nitrogens with zero attached hydrogens (tertiary/aromatic N) is 2. The third-order valence-electron chi connectivity index (χ3n) is 7.43. The number of carbonyl (C=O) groups excluding carboxylic acids is 3. The Morgan fingerprint density at radius 2 is 1.49 bits per heavy atom. The zero-order valence-corrected chi connectivity index (χ0v) is 25.7. The summed E-state index contributed by atoms with van der Waals surface area (Å²) in [6, 6.07) is 27.2. The fourth-order valence-corrected chi connectivity index (χ4v) is 6.04. The number of ketones is 3. The van der Waals surface area contributed by atoms with Crippen molar-refractivity contribution in [3.63, 3.8) is 0 Å². The molecule has 4 aromatic carbocycles. The SMILES string of the molecule is CCn1c2ccc(C(=O)/C(CCSc3ccc(C)cc3)=N/OCC(C)=O)cc2c2cc(C(=O)c3ccccc3C)ccc21. The summed E-state index contributed by atoms with van der Waals surface area (Å²) in [7, 11) is 0. The molecule has 0 N–H and O–H groups in total. The molecule has 0 unspecified atom stereocenters. The van der Waals surface area contributed by atoms with Crippen LogP contribution in [0.1, 0.15) is 57.7 Å². The zero-order chi connectivity index (χ0) is 30.5. The maximum Gasteiger partial charge on any atom is 0.210 e. The van der Waals surface area contributed by atoms with Crippen molar-refractivity contribution < 1.29 is 19.2 Å². The lowest BCUT2D eigenvalue weighted by atomic mass is 9.97. The molecule has 0 radical (unpaired) electrons. The molecule has 0 spiro atoms. The minimum Gasteiger partial charge on any atom is -0.387 e. The number of aromatic nitrogens is 1. The van der Waals surface area contributed by atoms with Gasteiger partial charge in [0.05, 0.1) is 0 Å². The van der Waals surface area contributed by atoms with Crippen LogP contribution in [0.4, 0.5) is 0 Å². The molecule has 0 aliphatic heterocycles. The van der Waals surface area contributed by atoms with Crippen LogP contribution in [-0.2, 0) is 16.2 Å². The Morgan fingerprint density at radius 3 is 2.14 bits per heavy atom. The van der Waals surface area contributed by atoms with Crippen LogP contribution in [-0.4, -0.2) is 40.0 Å². The summed E-state index contributed by atoms with van der Waals surface area (Å²) in [5.41, 5.74) is 6.10. The first kappa shape index (κ1) is 30.0. The van der Waals surface area contributed by atoms with Gasteiger partial charge in [-0.3, -0.25) is 14.4 Å². The zero-order valence-electron chi connectivity index (χ0n) is 24.8. The maximum atomic E-state index is 13.8. The lowest BCUT2D eigenvalue weighted by molar-refractivity contribution is -0.121. The minimum absolute atomic E-state index is 0.0345. The van der Waals surface area contributed by atoms with Gasteiger partial charge in [0, 0.05) is 62.1 Å². The predicted molar refractivity (Wildman–Crippen MR) is 175 cm³/mol. The third kappa shape index (κ3) is 6.62. The van der Waals surface area contributed by atoms with E-state index in [4.69, 9.17) is 4.84 Å². The maximum absolute atomic E-state index is 13.8. The number of fused-ring (bicyclic) bond motifs is 3. The van der Waals surface area contributed by atoms with E-state index in [2.05, 4.69) is 40.9 Å². The van der Waals surface area contributed by atoms with Gasteiger partial charge in [-0.1, -0.05) is 47.1 Å². The van der Waals surface area contributed by atoms with Crippen molar-refractivity contribution in [3.8, 4) is 0 Å². The fraction of sp³-hybridized carbons (Fsp3) is 0.222. The Hall–Kier alpha value is -4.49. The van der Waals surface area contributed by atoms with Crippen LogP contribution in [0.5, 0.6) is 0 Å². The van der Waals surface area contributed by atoms with E-state index in [9.17, 15) is 14.4 Å². The van der Waals surface area contributed by atoms with Crippen molar-refractivity contribution in [1.82, 2.24) is 4.57 Å². The van der Waals surface area contributed by atoms with Gasteiger partial charge >= 0.3 is 0 Å². The molecular weight excluding hydrogens is 556 g/mol. The topological polar surface area (TPSA) is 77.7 Å². The quantitative estimate of drug-likeness (QED) is 0.0637. The summed E-state index contributed by atoms with van der Waals surface area (Å²) in [4.78, 5) is 45.1. The van der Waals surface area contributed by atoms with Crippen molar-refractivity contribution >= 4 is 56.6 Å². The van der Waals surface area contributed by atoms with E-state index >= 15 is 0 Å². The number of thioether (sulfide) groups is 1. The summed E-state index contributed by atoms with van der Waals surface area (Å²) in [6.45, 7) is 8.02. The van der Waals surface area contributed by atoms with Gasteiger partial charge in [-0.25, -0.2) is 0 Å². The largest absolute Gasteiger partial charge is 0.387 e. The van der Waals surface area contributed by atoms with E-state index < -0.39 is 0 Å². The lowest BCUT2D eigenvalue weighted by Gasteiger charge is -2.08. The lowest BCUT2D eigenvalue weighted by Crippen LogP contribution is -2.17.